The number of nitrogens with zero attached hydrogens (tertiary/aromatic N) is 1. The fraction of sp³-hybridized carbons (Fsp3) is 0.364. The molecule has 0 spiro atoms. The van der Waals surface area contributed by atoms with Gasteiger partial charge in [-0.15, -0.1) is 0 Å². The van der Waals surface area contributed by atoms with Gasteiger partial charge >= 0.3 is 0 Å². The Labute approximate surface area is 169 Å². The van der Waals surface area contributed by atoms with Crippen molar-refractivity contribution in [1.82, 2.24) is 4.90 Å². The lowest BCUT2D eigenvalue weighted by atomic mass is 9.95. The summed E-state index contributed by atoms with van der Waals surface area (Å²) in [4.78, 5) is 27.0. The highest BCUT2D eigenvalue weighted by molar-refractivity contribution is 9.10. The minimum atomic E-state index is -0.0540. The van der Waals surface area contributed by atoms with Crippen molar-refractivity contribution < 1.29 is 9.59 Å². The van der Waals surface area contributed by atoms with Crippen molar-refractivity contribution in [2.45, 2.75) is 32.6 Å². The maximum atomic E-state index is 12.6. The fourth-order valence-corrected chi connectivity index (χ4v) is 3.60. The molecule has 4 nitrogen and oxygen atoms in total. The van der Waals surface area contributed by atoms with Gasteiger partial charge in [0.15, 0.2) is 0 Å². The quantitative estimate of drug-likeness (QED) is 0.739. The van der Waals surface area contributed by atoms with Gasteiger partial charge in [0.1, 0.15) is 0 Å². The van der Waals surface area contributed by atoms with Crippen LogP contribution in [0.25, 0.3) is 0 Å². The van der Waals surface area contributed by atoms with Crippen LogP contribution in [0.1, 0.15) is 48.5 Å². The van der Waals surface area contributed by atoms with Crippen molar-refractivity contribution in [1.29, 1.82) is 0 Å². The van der Waals surface area contributed by atoms with Crippen LogP contribution in [0.5, 0.6) is 0 Å². The Morgan fingerprint density at radius 2 is 1.74 bits per heavy atom. The molecule has 1 N–H and O–H groups in total. The van der Waals surface area contributed by atoms with E-state index < -0.39 is 0 Å². The zero-order chi connectivity index (χ0) is 19.4. The lowest BCUT2D eigenvalue weighted by molar-refractivity contribution is -0.121. The zero-order valence-corrected chi connectivity index (χ0v) is 17.3. The number of hydrogen-bond donors (Lipinski definition) is 1. The molecule has 1 heterocycles. The van der Waals surface area contributed by atoms with E-state index in [0.717, 1.165) is 10.2 Å². The van der Waals surface area contributed by atoms with Gasteiger partial charge in [-0.05, 0) is 60.7 Å². The summed E-state index contributed by atoms with van der Waals surface area (Å²) in [6.07, 6.45) is 1.38. The van der Waals surface area contributed by atoms with Gasteiger partial charge in [0.05, 0.1) is 0 Å². The van der Waals surface area contributed by atoms with E-state index in [1.807, 2.05) is 47.4 Å². The molecule has 1 saturated heterocycles. The van der Waals surface area contributed by atoms with Crippen LogP contribution >= 0.6 is 15.9 Å². The van der Waals surface area contributed by atoms with E-state index in [1.165, 1.54) is 5.56 Å². The smallest absolute Gasteiger partial charge is 0.253 e. The summed E-state index contributed by atoms with van der Waals surface area (Å²) >= 11 is 3.38. The van der Waals surface area contributed by atoms with Gasteiger partial charge < -0.3 is 10.2 Å². The summed E-state index contributed by atoms with van der Waals surface area (Å²) in [6, 6.07) is 15.4. The molecule has 1 fully saturated rings. The third kappa shape index (κ3) is 4.98. The molecule has 2 aromatic carbocycles. The van der Waals surface area contributed by atoms with Gasteiger partial charge in [0.2, 0.25) is 5.91 Å². The van der Waals surface area contributed by atoms with Crippen molar-refractivity contribution in [3.05, 3.63) is 64.1 Å². The molecule has 0 atom stereocenters. The second-order valence-corrected chi connectivity index (χ2v) is 8.26. The highest BCUT2D eigenvalue weighted by Gasteiger charge is 2.27. The van der Waals surface area contributed by atoms with Gasteiger partial charge in [-0.3, -0.25) is 9.59 Å². The number of rotatable bonds is 4. The van der Waals surface area contributed by atoms with Crippen LogP contribution in [0, 0.1) is 5.92 Å². The van der Waals surface area contributed by atoms with Crippen LogP contribution in [-0.2, 0) is 4.79 Å². The third-order valence-corrected chi connectivity index (χ3v) is 5.59. The Bertz CT molecular complexity index is 809. The Morgan fingerprint density at radius 1 is 1.07 bits per heavy atom. The number of benzene rings is 2. The number of hydrogen-bond acceptors (Lipinski definition) is 2. The van der Waals surface area contributed by atoms with Crippen LogP contribution in [0.4, 0.5) is 5.69 Å². The summed E-state index contributed by atoms with van der Waals surface area (Å²) < 4.78 is 0.955. The minimum Gasteiger partial charge on any atom is -0.339 e. The monoisotopic (exact) mass is 428 g/mol. The average Bonchev–Trinajstić information content (AvgIpc) is 2.68. The first-order valence-electron chi connectivity index (χ1n) is 9.39. The number of nitrogens with one attached hydrogen (secondary N) is 1. The standard InChI is InChI=1S/C22H25BrN2O2/c1-15(2)18-4-3-5-20(14-18)24-21(26)16-10-12-25(13-11-16)22(27)17-6-8-19(23)9-7-17/h3-9,14-16H,10-13H2,1-2H3,(H,24,26). The number of piperidine rings is 1. The van der Waals surface area contributed by atoms with E-state index in [9.17, 15) is 9.59 Å². The predicted octanol–water partition coefficient (Wildman–Crippen LogP) is 5.06. The van der Waals surface area contributed by atoms with Gasteiger partial charge in [0, 0.05) is 34.7 Å². The molecule has 0 unspecified atom stereocenters. The summed E-state index contributed by atoms with van der Waals surface area (Å²) in [5.41, 5.74) is 2.74. The van der Waals surface area contributed by atoms with Crippen LogP contribution in [0.3, 0.4) is 0 Å². The molecule has 0 aliphatic carbocycles. The Balaban J connectivity index is 1.55. The summed E-state index contributed by atoms with van der Waals surface area (Å²) in [7, 11) is 0. The highest BCUT2D eigenvalue weighted by atomic mass is 79.9. The van der Waals surface area contributed by atoms with Crippen molar-refractivity contribution >= 4 is 33.4 Å². The SMILES string of the molecule is CC(C)c1cccc(NC(=O)C2CCN(C(=O)c3ccc(Br)cc3)CC2)c1. The fourth-order valence-electron chi connectivity index (χ4n) is 3.34. The minimum absolute atomic E-state index is 0.0333. The maximum Gasteiger partial charge on any atom is 0.253 e. The van der Waals surface area contributed by atoms with Gasteiger partial charge in [-0.25, -0.2) is 0 Å². The Kier molecular flexibility index (Phi) is 6.32. The normalized spacial score (nSPS) is 15.0. The zero-order valence-electron chi connectivity index (χ0n) is 15.7. The third-order valence-electron chi connectivity index (χ3n) is 5.06. The maximum absolute atomic E-state index is 12.6. The number of anilines is 1. The Morgan fingerprint density at radius 3 is 2.37 bits per heavy atom. The van der Waals surface area contributed by atoms with E-state index in [1.54, 1.807) is 0 Å². The second-order valence-electron chi connectivity index (χ2n) is 7.34. The molecule has 0 bridgehead atoms. The van der Waals surface area contributed by atoms with Gasteiger partial charge in [-0.1, -0.05) is 41.9 Å². The number of carbonyl (C=O) groups excluding carboxylic acids is 2. The van der Waals surface area contributed by atoms with Gasteiger partial charge in [0.25, 0.3) is 5.91 Å². The first-order chi connectivity index (χ1) is 12.9. The first-order valence-corrected chi connectivity index (χ1v) is 10.2. The highest BCUT2D eigenvalue weighted by Crippen LogP contribution is 2.23. The van der Waals surface area contributed by atoms with E-state index in [-0.39, 0.29) is 17.7 Å². The average molecular weight is 429 g/mol. The molecular weight excluding hydrogens is 404 g/mol. The second kappa shape index (κ2) is 8.70. The molecular formula is C22H25BrN2O2. The molecule has 0 radical (unpaired) electrons. The van der Waals surface area contributed by atoms with Crippen LogP contribution in [0.2, 0.25) is 0 Å². The summed E-state index contributed by atoms with van der Waals surface area (Å²) in [5.74, 6) is 0.453. The number of likely N-dealkylation sites (tertiary alicyclic amines) is 1. The predicted molar refractivity (Wildman–Crippen MR) is 112 cm³/mol. The lowest BCUT2D eigenvalue weighted by Crippen LogP contribution is -2.41. The number of carbonyl (C=O) groups is 2. The largest absolute Gasteiger partial charge is 0.339 e. The van der Waals surface area contributed by atoms with Crippen molar-refractivity contribution in [3.8, 4) is 0 Å². The molecule has 3 rings (SSSR count). The van der Waals surface area contributed by atoms with E-state index in [0.29, 0.717) is 37.4 Å². The molecule has 0 saturated carbocycles. The molecule has 0 aromatic heterocycles. The number of halogens is 1. The molecule has 1 aliphatic rings. The van der Waals surface area contributed by atoms with Crippen molar-refractivity contribution in [2.75, 3.05) is 18.4 Å². The number of amides is 2. The molecule has 142 valence electrons. The van der Waals surface area contributed by atoms with E-state index >= 15 is 0 Å². The molecule has 27 heavy (non-hydrogen) atoms. The molecule has 2 aromatic rings. The van der Waals surface area contributed by atoms with Crippen LogP contribution in [-0.4, -0.2) is 29.8 Å². The van der Waals surface area contributed by atoms with Crippen molar-refractivity contribution in [3.63, 3.8) is 0 Å². The molecule has 5 heteroatoms. The Hall–Kier alpha value is -2.14. The van der Waals surface area contributed by atoms with Crippen LogP contribution in [0.15, 0.2) is 53.0 Å². The first kappa shape index (κ1) is 19.6. The van der Waals surface area contributed by atoms with E-state index in [2.05, 4.69) is 41.2 Å². The summed E-state index contributed by atoms with van der Waals surface area (Å²) in [5, 5.41) is 3.04. The topological polar surface area (TPSA) is 49.4 Å². The van der Waals surface area contributed by atoms with Crippen LogP contribution < -0.4 is 5.32 Å². The molecule has 1 aliphatic heterocycles. The van der Waals surface area contributed by atoms with Gasteiger partial charge in [-0.2, -0.15) is 0 Å². The molecule has 2 amide bonds. The van der Waals surface area contributed by atoms with E-state index in [4.69, 9.17) is 0 Å². The summed E-state index contributed by atoms with van der Waals surface area (Å²) in [6.45, 7) is 5.50. The lowest BCUT2D eigenvalue weighted by Gasteiger charge is -2.31. The van der Waals surface area contributed by atoms with Crippen molar-refractivity contribution in [2.24, 2.45) is 5.92 Å².